The predicted octanol–water partition coefficient (Wildman–Crippen LogP) is 3.33. The molecule has 0 bridgehead atoms. The molecule has 0 aliphatic heterocycles. The zero-order valence-electron chi connectivity index (χ0n) is 13.6. The molecule has 3 rings (SSSR count). The molecule has 0 radical (unpaired) electrons. The van der Waals surface area contributed by atoms with E-state index in [0.29, 0.717) is 16.2 Å². The van der Waals surface area contributed by atoms with Gasteiger partial charge in [-0.3, -0.25) is 20.4 Å². The van der Waals surface area contributed by atoms with E-state index < -0.39 is 0 Å². The monoisotopic (exact) mass is 356 g/mol. The van der Waals surface area contributed by atoms with E-state index in [1.807, 2.05) is 43.3 Å². The third-order valence-corrected chi connectivity index (χ3v) is 4.24. The average Bonchev–Trinajstić information content (AvgIpc) is 2.96. The van der Waals surface area contributed by atoms with Crippen LogP contribution in [0.5, 0.6) is 0 Å². The molecule has 0 aliphatic rings. The first-order chi connectivity index (χ1) is 12.0. The van der Waals surface area contributed by atoms with Crippen LogP contribution in [0.3, 0.4) is 0 Å². The molecule has 0 unspecified atom stereocenters. The summed E-state index contributed by atoms with van der Waals surface area (Å²) in [5.74, 6) is -0.615. The Labute approximate surface area is 149 Å². The summed E-state index contributed by atoms with van der Waals surface area (Å²) in [7, 11) is 0. The lowest BCUT2D eigenvalue weighted by atomic mass is 10.1. The summed E-state index contributed by atoms with van der Waals surface area (Å²) in [6.45, 7) is 1.89. The molecule has 6 heteroatoms. The number of furan rings is 1. The van der Waals surface area contributed by atoms with E-state index in [1.165, 1.54) is 6.26 Å². The first-order valence-corrected chi connectivity index (χ1v) is 8.18. The van der Waals surface area contributed by atoms with Crippen LogP contribution in [0.4, 0.5) is 0 Å². The van der Waals surface area contributed by atoms with Crippen LogP contribution in [0, 0.1) is 6.92 Å². The Morgan fingerprint density at radius 3 is 2.44 bits per heavy atom. The molecule has 5 nitrogen and oxygen atoms in total. The minimum absolute atomic E-state index is 0.0814. The minimum Gasteiger partial charge on any atom is -0.464 e. The molecule has 0 atom stereocenters. The average molecular weight is 357 g/mol. The Morgan fingerprint density at radius 2 is 1.72 bits per heavy atom. The molecule has 25 heavy (non-hydrogen) atoms. The number of benzene rings is 2. The van der Waals surface area contributed by atoms with Gasteiger partial charge in [-0.2, -0.15) is 0 Å². The van der Waals surface area contributed by atoms with Crippen molar-refractivity contribution in [3.8, 4) is 0 Å². The fourth-order valence-corrected chi connectivity index (χ4v) is 2.68. The van der Waals surface area contributed by atoms with Gasteiger partial charge in [0.15, 0.2) is 0 Å². The smallest absolute Gasteiger partial charge is 0.242 e. The highest BCUT2D eigenvalue weighted by Gasteiger charge is 2.13. The Bertz CT molecular complexity index is 919. The van der Waals surface area contributed by atoms with Crippen LogP contribution in [0.15, 0.2) is 53.1 Å². The maximum atomic E-state index is 12.1. The lowest BCUT2D eigenvalue weighted by molar-refractivity contribution is -0.128. The maximum absolute atomic E-state index is 12.1. The molecule has 0 saturated heterocycles. The molecule has 1 aromatic heterocycles. The number of nitrogens with one attached hydrogen (secondary N) is 2. The van der Waals surface area contributed by atoms with Gasteiger partial charge in [0.1, 0.15) is 5.58 Å². The molecule has 0 fully saturated rings. The number of hydrazine groups is 1. The zero-order chi connectivity index (χ0) is 17.8. The second-order valence-electron chi connectivity index (χ2n) is 5.79. The number of carbonyl (C=O) groups excluding carboxylic acids is 2. The van der Waals surface area contributed by atoms with Crippen molar-refractivity contribution in [2.24, 2.45) is 0 Å². The second kappa shape index (κ2) is 7.40. The molecule has 2 N–H and O–H groups in total. The largest absolute Gasteiger partial charge is 0.464 e. The number of aryl methyl sites for hydroxylation is 1. The van der Waals surface area contributed by atoms with Gasteiger partial charge in [-0.15, -0.1) is 0 Å². The van der Waals surface area contributed by atoms with Crippen molar-refractivity contribution in [1.29, 1.82) is 0 Å². The fourth-order valence-electron chi connectivity index (χ4n) is 2.52. The van der Waals surface area contributed by atoms with Crippen LogP contribution in [0.25, 0.3) is 11.0 Å². The van der Waals surface area contributed by atoms with E-state index in [2.05, 4.69) is 10.9 Å². The highest BCUT2D eigenvalue weighted by atomic mass is 35.5. The normalized spacial score (nSPS) is 10.6. The Hall–Kier alpha value is -2.79. The van der Waals surface area contributed by atoms with E-state index in [0.717, 1.165) is 16.5 Å². The Morgan fingerprint density at radius 1 is 1.04 bits per heavy atom. The van der Waals surface area contributed by atoms with Crippen LogP contribution in [0.1, 0.15) is 16.7 Å². The summed E-state index contributed by atoms with van der Waals surface area (Å²) >= 11 is 6.13. The molecular formula is C19H17ClN2O3. The highest BCUT2D eigenvalue weighted by molar-refractivity contribution is 6.32. The van der Waals surface area contributed by atoms with Crippen LogP contribution >= 0.6 is 11.6 Å². The molecule has 128 valence electrons. The highest BCUT2D eigenvalue weighted by Crippen LogP contribution is 2.27. The summed E-state index contributed by atoms with van der Waals surface area (Å²) in [4.78, 5) is 23.9. The van der Waals surface area contributed by atoms with Crippen LogP contribution in [-0.2, 0) is 22.4 Å². The van der Waals surface area contributed by atoms with Crippen molar-refractivity contribution in [1.82, 2.24) is 10.9 Å². The third-order valence-electron chi connectivity index (χ3n) is 3.83. The first-order valence-electron chi connectivity index (χ1n) is 7.81. The Kier molecular flexibility index (Phi) is 5.05. The van der Waals surface area contributed by atoms with Crippen molar-refractivity contribution in [3.05, 3.63) is 70.4 Å². The van der Waals surface area contributed by atoms with E-state index in [1.54, 1.807) is 6.07 Å². The van der Waals surface area contributed by atoms with E-state index in [-0.39, 0.29) is 24.7 Å². The summed E-state index contributed by atoms with van der Waals surface area (Å²) in [5, 5.41) is 1.41. The van der Waals surface area contributed by atoms with Gasteiger partial charge in [-0.1, -0.05) is 41.9 Å². The predicted molar refractivity (Wildman–Crippen MR) is 96.1 cm³/mol. The lowest BCUT2D eigenvalue weighted by Gasteiger charge is -2.07. The fraction of sp³-hybridized carbons (Fsp3) is 0.158. The standard InChI is InChI=1S/C19H17ClN2O3/c1-12-7-17-15(10-16(12)20)14(11-25-17)9-19(24)22-21-18(23)8-13-5-3-2-4-6-13/h2-7,10-11H,8-9H2,1H3,(H,21,23)(H,22,24). The molecular weight excluding hydrogens is 340 g/mol. The molecule has 1 heterocycles. The maximum Gasteiger partial charge on any atom is 0.242 e. The van der Waals surface area contributed by atoms with E-state index >= 15 is 0 Å². The van der Waals surface area contributed by atoms with Gasteiger partial charge in [0.2, 0.25) is 11.8 Å². The Balaban J connectivity index is 1.58. The first kappa shape index (κ1) is 17.0. The number of hydrogen-bond donors (Lipinski definition) is 2. The molecule has 2 amide bonds. The summed E-state index contributed by atoms with van der Waals surface area (Å²) in [5.41, 5.74) is 8.01. The minimum atomic E-state index is -0.333. The number of halogens is 1. The molecule has 3 aromatic rings. The van der Waals surface area contributed by atoms with Crippen LogP contribution in [0.2, 0.25) is 5.02 Å². The number of rotatable bonds is 4. The van der Waals surface area contributed by atoms with Gasteiger partial charge >= 0.3 is 0 Å². The summed E-state index contributed by atoms with van der Waals surface area (Å²) in [6.07, 6.45) is 1.81. The summed E-state index contributed by atoms with van der Waals surface area (Å²) < 4.78 is 5.46. The quantitative estimate of drug-likeness (QED) is 0.704. The van der Waals surface area contributed by atoms with Crippen molar-refractivity contribution in [2.45, 2.75) is 19.8 Å². The van der Waals surface area contributed by atoms with E-state index in [4.69, 9.17) is 16.0 Å². The zero-order valence-corrected chi connectivity index (χ0v) is 14.4. The van der Waals surface area contributed by atoms with Gasteiger partial charge in [0.05, 0.1) is 19.1 Å². The summed E-state index contributed by atoms with van der Waals surface area (Å²) in [6, 6.07) is 12.9. The lowest BCUT2D eigenvalue weighted by Crippen LogP contribution is -2.43. The number of hydrogen-bond acceptors (Lipinski definition) is 3. The van der Waals surface area contributed by atoms with Crippen molar-refractivity contribution < 1.29 is 14.0 Å². The van der Waals surface area contributed by atoms with Crippen LogP contribution in [-0.4, -0.2) is 11.8 Å². The molecule has 0 saturated carbocycles. The topological polar surface area (TPSA) is 71.3 Å². The molecule has 2 aromatic carbocycles. The number of fused-ring (bicyclic) bond motifs is 1. The second-order valence-corrected chi connectivity index (χ2v) is 6.20. The number of carbonyl (C=O) groups is 2. The SMILES string of the molecule is Cc1cc2occ(CC(=O)NNC(=O)Cc3ccccc3)c2cc1Cl. The van der Waals surface area contributed by atoms with Crippen molar-refractivity contribution in [2.75, 3.05) is 0 Å². The van der Waals surface area contributed by atoms with Gasteiger partial charge < -0.3 is 4.42 Å². The van der Waals surface area contributed by atoms with Gasteiger partial charge in [0, 0.05) is 16.0 Å². The van der Waals surface area contributed by atoms with Gasteiger partial charge in [-0.25, -0.2) is 0 Å². The van der Waals surface area contributed by atoms with Gasteiger partial charge in [0.25, 0.3) is 0 Å². The molecule has 0 aliphatic carbocycles. The van der Waals surface area contributed by atoms with Crippen molar-refractivity contribution >= 4 is 34.4 Å². The number of amides is 2. The van der Waals surface area contributed by atoms with Crippen molar-refractivity contribution in [3.63, 3.8) is 0 Å². The third kappa shape index (κ3) is 4.19. The van der Waals surface area contributed by atoms with E-state index in [9.17, 15) is 9.59 Å². The van der Waals surface area contributed by atoms with Gasteiger partial charge in [-0.05, 0) is 30.2 Å². The molecule has 0 spiro atoms. The van der Waals surface area contributed by atoms with Crippen LogP contribution < -0.4 is 10.9 Å².